The van der Waals surface area contributed by atoms with Crippen LogP contribution in [0.1, 0.15) is 12.5 Å². The van der Waals surface area contributed by atoms with Crippen molar-refractivity contribution < 1.29 is 19.1 Å². The summed E-state index contributed by atoms with van der Waals surface area (Å²) >= 11 is 0. The Morgan fingerprint density at radius 2 is 1.95 bits per heavy atom. The average Bonchev–Trinajstić information content (AvgIpc) is 2.86. The molecule has 21 heavy (non-hydrogen) atoms. The second-order valence-corrected chi connectivity index (χ2v) is 4.43. The van der Waals surface area contributed by atoms with Crippen LogP contribution in [0.3, 0.4) is 0 Å². The summed E-state index contributed by atoms with van der Waals surface area (Å²) in [4.78, 5) is 36.6. The summed E-state index contributed by atoms with van der Waals surface area (Å²) in [5, 5.41) is 0.942. The smallest absolute Gasteiger partial charge is 0.310 e. The van der Waals surface area contributed by atoms with E-state index in [4.69, 9.17) is 4.74 Å². The van der Waals surface area contributed by atoms with E-state index in [9.17, 15) is 14.4 Å². The van der Waals surface area contributed by atoms with Crippen LogP contribution in [0.25, 0.3) is 10.9 Å². The Labute approximate surface area is 120 Å². The van der Waals surface area contributed by atoms with Crippen molar-refractivity contribution >= 4 is 28.7 Å². The fourth-order valence-electron chi connectivity index (χ4n) is 1.82. The van der Waals surface area contributed by atoms with Gasteiger partial charge in [-0.1, -0.05) is 18.2 Å². The number of H-pyrrole nitrogens is 1. The Kier molecular flexibility index (Phi) is 4.55. The summed E-state index contributed by atoms with van der Waals surface area (Å²) in [6.07, 6.45) is 1.81. The van der Waals surface area contributed by atoms with E-state index in [0.29, 0.717) is 0 Å². The van der Waals surface area contributed by atoms with Crippen molar-refractivity contribution in [2.45, 2.75) is 13.3 Å². The number of aromatic nitrogens is 1. The molecule has 1 aromatic heterocycles. The summed E-state index contributed by atoms with van der Waals surface area (Å²) in [7, 11) is 0. The van der Waals surface area contributed by atoms with Gasteiger partial charge in [0.15, 0.2) is 6.61 Å². The van der Waals surface area contributed by atoms with E-state index in [2.05, 4.69) is 15.8 Å². The van der Waals surface area contributed by atoms with Gasteiger partial charge in [-0.3, -0.25) is 25.2 Å². The molecule has 0 bridgehead atoms. The quantitative estimate of drug-likeness (QED) is 0.561. The SMILES string of the molecule is CC(=O)NNC(=O)COC(=O)Cc1c[nH]c2ccccc12. The maximum Gasteiger partial charge on any atom is 0.310 e. The van der Waals surface area contributed by atoms with Gasteiger partial charge < -0.3 is 9.72 Å². The maximum absolute atomic E-state index is 11.7. The van der Waals surface area contributed by atoms with Crippen molar-refractivity contribution in [1.29, 1.82) is 0 Å². The molecule has 1 heterocycles. The third-order valence-corrected chi connectivity index (χ3v) is 2.75. The van der Waals surface area contributed by atoms with Gasteiger partial charge in [0.25, 0.3) is 5.91 Å². The molecule has 2 rings (SSSR count). The third kappa shape index (κ3) is 4.07. The predicted octanol–water partition coefficient (Wildman–Crippen LogP) is 0.421. The van der Waals surface area contributed by atoms with Crippen molar-refractivity contribution in [3.8, 4) is 0 Å². The lowest BCUT2D eigenvalue weighted by molar-refractivity contribution is -0.148. The maximum atomic E-state index is 11.7. The van der Waals surface area contributed by atoms with Crippen molar-refractivity contribution in [2.75, 3.05) is 6.61 Å². The van der Waals surface area contributed by atoms with E-state index in [0.717, 1.165) is 16.5 Å². The molecule has 0 unspecified atom stereocenters. The average molecular weight is 289 g/mol. The predicted molar refractivity (Wildman–Crippen MR) is 74.9 cm³/mol. The number of benzene rings is 1. The van der Waals surface area contributed by atoms with Gasteiger partial charge in [0, 0.05) is 24.0 Å². The van der Waals surface area contributed by atoms with Gasteiger partial charge in [-0.15, -0.1) is 0 Å². The molecule has 0 aliphatic carbocycles. The van der Waals surface area contributed by atoms with Gasteiger partial charge >= 0.3 is 5.97 Å². The van der Waals surface area contributed by atoms with Gasteiger partial charge in [-0.05, 0) is 11.6 Å². The summed E-state index contributed by atoms with van der Waals surface area (Å²) in [6.45, 7) is 0.810. The number of nitrogens with one attached hydrogen (secondary N) is 3. The zero-order valence-electron chi connectivity index (χ0n) is 11.4. The molecule has 0 radical (unpaired) electrons. The van der Waals surface area contributed by atoms with E-state index in [1.807, 2.05) is 24.3 Å². The van der Waals surface area contributed by atoms with Gasteiger partial charge in [0.2, 0.25) is 5.91 Å². The Balaban J connectivity index is 1.85. The van der Waals surface area contributed by atoms with Crippen molar-refractivity contribution in [3.05, 3.63) is 36.0 Å². The van der Waals surface area contributed by atoms with Crippen molar-refractivity contribution in [2.24, 2.45) is 0 Å². The first kappa shape index (κ1) is 14.6. The summed E-state index contributed by atoms with van der Waals surface area (Å²) < 4.78 is 4.84. The zero-order chi connectivity index (χ0) is 15.2. The largest absolute Gasteiger partial charge is 0.455 e. The minimum atomic E-state index is -0.600. The van der Waals surface area contributed by atoms with Crippen LogP contribution in [0.4, 0.5) is 0 Å². The molecule has 1 aromatic carbocycles. The minimum Gasteiger partial charge on any atom is -0.455 e. The number of aromatic amines is 1. The van der Waals surface area contributed by atoms with Crippen LogP contribution in [0.5, 0.6) is 0 Å². The van der Waals surface area contributed by atoms with E-state index >= 15 is 0 Å². The molecule has 2 aromatic rings. The number of hydrogen-bond acceptors (Lipinski definition) is 4. The highest BCUT2D eigenvalue weighted by atomic mass is 16.5. The molecule has 0 atom stereocenters. The van der Waals surface area contributed by atoms with Gasteiger partial charge in [-0.25, -0.2) is 0 Å². The number of esters is 1. The first-order valence-electron chi connectivity index (χ1n) is 6.32. The van der Waals surface area contributed by atoms with E-state index in [1.54, 1.807) is 6.20 Å². The third-order valence-electron chi connectivity index (χ3n) is 2.75. The Hall–Kier alpha value is -2.83. The lowest BCUT2D eigenvalue weighted by Crippen LogP contribution is -2.42. The Morgan fingerprint density at radius 3 is 2.71 bits per heavy atom. The zero-order valence-corrected chi connectivity index (χ0v) is 11.4. The van der Waals surface area contributed by atoms with Crippen LogP contribution in [-0.2, 0) is 25.5 Å². The topological polar surface area (TPSA) is 100 Å². The van der Waals surface area contributed by atoms with Crippen LogP contribution >= 0.6 is 0 Å². The van der Waals surface area contributed by atoms with Gasteiger partial charge in [0.05, 0.1) is 6.42 Å². The molecule has 3 N–H and O–H groups in total. The highest BCUT2D eigenvalue weighted by Gasteiger charge is 2.11. The lowest BCUT2D eigenvalue weighted by atomic mass is 10.1. The first-order chi connectivity index (χ1) is 10.1. The molecule has 7 nitrogen and oxygen atoms in total. The number of hydrogen-bond donors (Lipinski definition) is 3. The molecule has 110 valence electrons. The van der Waals surface area contributed by atoms with Crippen LogP contribution in [-0.4, -0.2) is 29.4 Å². The lowest BCUT2D eigenvalue weighted by Gasteiger charge is -2.06. The molecule has 0 aliphatic rings. The molecular weight excluding hydrogens is 274 g/mol. The fourth-order valence-corrected chi connectivity index (χ4v) is 1.82. The molecule has 0 saturated heterocycles. The number of ether oxygens (including phenoxy) is 1. The summed E-state index contributed by atoms with van der Waals surface area (Å²) in [6, 6.07) is 7.59. The molecule has 0 fully saturated rings. The van der Waals surface area contributed by atoms with Crippen LogP contribution in [0, 0.1) is 0 Å². The number of para-hydroxylation sites is 1. The van der Waals surface area contributed by atoms with Gasteiger partial charge in [-0.2, -0.15) is 0 Å². The molecule has 0 aliphatic heterocycles. The second-order valence-electron chi connectivity index (χ2n) is 4.43. The number of amides is 2. The normalized spacial score (nSPS) is 10.1. The second kappa shape index (κ2) is 6.56. The fraction of sp³-hybridized carbons (Fsp3) is 0.214. The Morgan fingerprint density at radius 1 is 1.19 bits per heavy atom. The van der Waals surface area contributed by atoms with E-state index < -0.39 is 24.4 Å². The van der Waals surface area contributed by atoms with Gasteiger partial charge in [0.1, 0.15) is 0 Å². The molecular formula is C14H15N3O4. The molecule has 0 saturated carbocycles. The molecule has 7 heteroatoms. The van der Waals surface area contributed by atoms with Crippen LogP contribution in [0.15, 0.2) is 30.5 Å². The minimum absolute atomic E-state index is 0.0669. The first-order valence-corrected chi connectivity index (χ1v) is 6.32. The highest BCUT2D eigenvalue weighted by molar-refractivity contribution is 5.88. The van der Waals surface area contributed by atoms with Crippen LogP contribution < -0.4 is 10.9 Å². The van der Waals surface area contributed by atoms with Crippen LogP contribution in [0.2, 0.25) is 0 Å². The number of carbonyl (C=O) groups is 3. The van der Waals surface area contributed by atoms with Crippen molar-refractivity contribution in [3.63, 3.8) is 0 Å². The summed E-state index contributed by atoms with van der Waals surface area (Å²) in [5.74, 6) is -1.52. The monoisotopic (exact) mass is 289 g/mol. The van der Waals surface area contributed by atoms with E-state index in [1.165, 1.54) is 6.92 Å². The number of carbonyl (C=O) groups excluding carboxylic acids is 3. The van der Waals surface area contributed by atoms with Crippen molar-refractivity contribution in [1.82, 2.24) is 15.8 Å². The molecule has 2 amide bonds. The Bertz CT molecular complexity index is 678. The van der Waals surface area contributed by atoms with E-state index in [-0.39, 0.29) is 6.42 Å². The highest BCUT2D eigenvalue weighted by Crippen LogP contribution is 2.18. The standard InChI is InChI=1S/C14H15N3O4/c1-9(18)16-17-13(19)8-21-14(20)6-10-7-15-12-5-3-2-4-11(10)12/h2-5,7,15H,6,8H2,1H3,(H,16,18)(H,17,19). The number of hydrazine groups is 1. The molecule has 0 spiro atoms. The number of rotatable bonds is 4. The summed E-state index contributed by atoms with van der Waals surface area (Å²) in [5.41, 5.74) is 5.95. The number of fused-ring (bicyclic) bond motifs is 1.